The fraction of sp³-hybridized carbons (Fsp3) is 0.250. The smallest absolute Gasteiger partial charge is 0.254 e. The highest BCUT2D eigenvalue weighted by Crippen LogP contribution is 2.33. The van der Waals surface area contributed by atoms with Crippen LogP contribution in [0.2, 0.25) is 5.02 Å². The summed E-state index contributed by atoms with van der Waals surface area (Å²) in [4.78, 5) is 32.7. The van der Waals surface area contributed by atoms with Crippen LogP contribution in [0.5, 0.6) is 11.5 Å². The summed E-state index contributed by atoms with van der Waals surface area (Å²) in [7, 11) is 0. The minimum atomic E-state index is -0.188. The van der Waals surface area contributed by atoms with Gasteiger partial charge in [-0.05, 0) is 54.4 Å². The molecule has 4 aromatic rings. The number of fused-ring (bicyclic) bond motifs is 1. The fourth-order valence-electron chi connectivity index (χ4n) is 5.20. The third kappa shape index (κ3) is 5.87. The first kappa shape index (κ1) is 27.5. The summed E-state index contributed by atoms with van der Waals surface area (Å²) in [5, 5.41) is 9.42. The van der Waals surface area contributed by atoms with Crippen LogP contribution < -0.4 is 14.4 Å². The number of benzene rings is 3. The van der Waals surface area contributed by atoms with Gasteiger partial charge in [-0.2, -0.15) is 0 Å². The Morgan fingerprint density at radius 2 is 1.64 bits per heavy atom. The van der Waals surface area contributed by atoms with Crippen molar-refractivity contribution in [1.82, 2.24) is 20.0 Å². The highest BCUT2D eigenvalue weighted by molar-refractivity contribution is 6.33. The van der Waals surface area contributed by atoms with E-state index in [0.29, 0.717) is 54.0 Å². The molecule has 10 heteroatoms. The molecule has 0 N–H and O–H groups in total. The Kier molecular flexibility index (Phi) is 7.92. The Morgan fingerprint density at radius 1 is 0.881 bits per heavy atom. The number of carbonyl (C=O) groups is 2. The molecule has 0 radical (unpaired) electrons. The van der Waals surface area contributed by atoms with Gasteiger partial charge in [0.2, 0.25) is 12.7 Å². The first-order valence-corrected chi connectivity index (χ1v) is 14.2. The molecule has 0 bridgehead atoms. The predicted octanol–water partition coefficient (Wildman–Crippen LogP) is 4.83. The van der Waals surface area contributed by atoms with Gasteiger partial charge in [-0.15, -0.1) is 10.2 Å². The number of amides is 2. The van der Waals surface area contributed by atoms with Crippen LogP contribution in [0, 0.1) is 6.92 Å². The predicted molar refractivity (Wildman–Crippen MR) is 160 cm³/mol. The number of aromatic nitrogens is 2. The Balaban J connectivity index is 1.12. The number of hydrogen-bond donors (Lipinski definition) is 0. The zero-order valence-electron chi connectivity index (χ0n) is 23.2. The van der Waals surface area contributed by atoms with Gasteiger partial charge >= 0.3 is 0 Å². The summed E-state index contributed by atoms with van der Waals surface area (Å²) >= 11 is 6.31. The van der Waals surface area contributed by atoms with Crippen LogP contribution in [0.4, 0.5) is 5.82 Å². The number of piperazine rings is 1. The molecule has 0 atom stereocenters. The van der Waals surface area contributed by atoms with Gasteiger partial charge in [-0.25, -0.2) is 0 Å². The molecule has 0 saturated carbocycles. The maximum Gasteiger partial charge on any atom is 0.254 e. The average Bonchev–Trinajstić information content (AvgIpc) is 3.49. The largest absolute Gasteiger partial charge is 0.454 e. The minimum Gasteiger partial charge on any atom is -0.454 e. The second-order valence-corrected chi connectivity index (χ2v) is 10.7. The lowest BCUT2D eigenvalue weighted by Gasteiger charge is -2.36. The lowest BCUT2D eigenvalue weighted by Crippen LogP contribution is -2.52. The maximum absolute atomic E-state index is 13.7. The molecule has 2 aliphatic heterocycles. The summed E-state index contributed by atoms with van der Waals surface area (Å²) in [6.45, 7) is 4.56. The molecule has 1 fully saturated rings. The molecule has 0 spiro atoms. The minimum absolute atomic E-state index is 0.0338. The first-order chi connectivity index (χ1) is 20.5. The van der Waals surface area contributed by atoms with E-state index in [2.05, 4.69) is 15.1 Å². The van der Waals surface area contributed by atoms with E-state index in [4.69, 9.17) is 21.1 Å². The monoisotopic (exact) mass is 583 g/mol. The summed E-state index contributed by atoms with van der Waals surface area (Å²) in [6.07, 6.45) is 0. The standard InChI is InChI=1S/C32H30ClN5O4/c1-22-6-2-3-7-24(22)32(40)38(19-23-10-12-28-29(18-23)42-21-41-28)20-31(39)37-16-14-36(15-17-37)30-13-11-27(34-35-30)25-8-4-5-9-26(25)33/h2-13,18H,14-17,19-21H2,1H3. The van der Waals surface area contributed by atoms with Crippen LogP contribution in [-0.2, 0) is 11.3 Å². The molecule has 0 aliphatic carbocycles. The SMILES string of the molecule is Cc1ccccc1C(=O)N(CC(=O)N1CCN(c2ccc(-c3ccccc3Cl)nn2)CC1)Cc1ccc2c(c1)OCO2. The molecule has 1 saturated heterocycles. The van der Waals surface area contributed by atoms with Crippen LogP contribution in [0.15, 0.2) is 78.9 Å². The van der Waals surface area contributed by atoms with Crippen LogP contribution in [0.25, 0.3) is 11.3 Å². The topological polar surface area (TPSA) is 88.1 Å². The van der Waals surface area contributed by atoms with Crippen LogP contribution in [0.1, 0.15) is 21.5 Å². The van der Waals surface area contributed by atoms with Crippen molar-refractivity contribution >= 4 is 29.2 Å². The van der Waals surface area contributed by atoms with Crippen molar-refractivity contribution in [3.05, 3.63) is 101 Å². The van der Waals surface area contributed by atoms with Crippen molar-refractivity contribution in [2.75, 3.05) is 44.4 Å². The van der Waals surface area contributed by atoms with Gasteiger partial charge in [-0.3, -0.25) is 9.59 Å². The Morgan fingerprint density at radius 3 is 2.40 bits per heavy atom. The molecule has 2 amide bonds. The van der Waals surface area contributed by atoms with E-state index >= 15 is 0 Å². The zero-order chi connectivity index (χ0) is 29.1. The molecule has 3 aromatic carbocycles. The van der Waals surface area contributed by atoms with E-state index in [9.17, 15) is 9.59 Å². The van der Waals surface area contributed by atoms with Crippen LogP contribution in [-0.4, -0.2) is 71.3 Å². The average molecular weight is 584 g/mol. The van der Waals surface area contributed by atoms with E-state index in [1.165, 1.54) is 0 Å². The van der Waals surface area contributed by atoms with Gasteiger partial charge in [0.05, 0.1) is 10.7 Å². The maximum atomic E-state index is 13.7. The highest BCUT2D eigenvalue weighted by atomic mass is 35.5. The zero-order valence-corrected chi connectivity index (χ0v) is 24.0. The molecule has 2 aliphatic rings. The highest BCUT2D eigenvalue weighted by Gasteiger charge is 2.27. The van der Waals surface area contributed by atoms with Gasteiger partial charge in [0.1, 0.15) is 6.54 Å². The van der Waals surface area contributed by atoms with Crippen LogP contribution in [0.3, 0.4) is 0 Å². The number of carbonyl (C=O) groups excluding carboxylic acids is 2. The summed E-state index contributed by atoms with van der Waals surface area (Å²) in [5.41, 5.74) is 3.84. The van der Waals surface area contributed by atoms with E-state index in [-0.39, 0.29) is 31.7 Å². The molecule has 0 unspecified atom stereocenters. The molecular formula is C32H30ClN5O4. The number of anilines is 1. The van der Waals surface area contributed by atoms with E-state index in [1.54, 1.807) is 15.9 Å². The number of aryl methyl sites for hydroxylation is 1. The molecule has 1 aromatic heterocycles. The number of ether oxygens (including phenoxy) is 2. The Hall–Kier alpha value is -4.63. The summed E-state index contributed by atoms with van der Waals surface area (Å²) in [6, 6.07) is 24.4. The first-order valence-electron chi connectivity index (χ1n) is 13.8. The number of rotatable bonds is 7. The van der Waals surface area contributed by atoms with Gasteiger partial charge < -0.3 is 24.2 Å². The molecule has 6 rings (SSSR count). The molecular weight excluding hydrogens is 554 g/mol. The molecule has 9 nitrogen and oxygen atoms in total. The van der Waals surface area contributed by atoms with E-state index in [0.717, 1.165) is 22.5 Å². The third-order valence-electron chi connectivity index (χ3n) is 7.56. The quantitative estimate of drug-likeness (QED) is 0.308. The molecule has 42 heavy (non-hydrogen) atoms. The molecule has 214 valence electrons. The molecule has 3 heterocycles. The lowest BCUT2D eigenvalue weighted by molar-refractivity contribution is -0.132. The van der Waals surface area contributed by atoms with Crippen LogP contribution >= 0.6 is 11.6 Å². The third-order valence-corrected chi connectivity index (χ3v) is 7.89. The van der Waals surface area contributed by atoms with Crippen molar-refractivity contribution in [2.45, 2.75) is 13.5 Å². The summed E-state index contributed by atoms with van der Waals surface area (Å²) < 4.78 is 10.9. The lowest BCUT2D eigenvalue weighted by atomic mass is 10.1. The van der Waals surface area contributed by atoms with Gasteiger partial charge in [0.25, 0.3) is 5.91 Å². The van der Waals surface area contributed by atoms with Gasteiger partial charge in [-0.1, -0.05) is 54.1 Å². The van der Waals surface area contributed by atoms with Crippen molar-refractivity contribution < 1.29 is 19.1 Å². The van der Waals surface area contributed by atoms with Crippen molar-refractivity contribution in [1.29, 1.82) is 0 Å². The number of nitrogens with zero attached hydrogens (tertiary/aromatic N) is 5. The number of halogens is 1. The second-order valence-electron chi connectivity index (χ2n) is 10.3. The Labute approximate surface area is 249 Å². The van der Waals surface area contributed by atoms with Crippen molar-refractivity contribution in [2.24, 2.45) is 0 Å². The van der Waals surface area contributed by atoms with Gasteiger partial charge in [0, 0.05) is 43.9 Å². The van der Waals surface area contributed by atoms with Crippen molar-refractivity contribution in [3.63, 3.8) is 0 Å². The van der Waals surface area contributed by atoms with Crippen molar-refractivity contribution in [3.8, 4) is 22.8 Å². The normalized spacial score (nSPS) is 14.1. The van der Waals surface area contributed by atoms with E-state index < -0.39 is 0 Å². The second kappa shape index (κ2) is 12.1. The van der Waals surface area contributed by atoms with E-state index in [1.807, 2.05) is 79.7 Å². The Bertz CT molecular complexity index is 1610. The van der Waals surface area contributed by atoms with Gasteiger partial charge in [0.15, 0.2) is 17.3 Å². The number of hydrogen-bond acceptors (Lipinski definition) is 7. The fourth-order valence-corrected chi connectivity index (χ4v) is 5.43. The summed E-state index contributed by atoms with van der Waals surface area (Å²) in [5.74, 6) is 1.77.